The van der Waals surface area contributed by atoms with Gasteiger partial charge < -0.3 is 0 Å². The highest BCUT2D eigenvalue weighted by atomic mass is 16.1. The molecule has 0 N–H and O–H groups in total. The fraction of sp³-hybridized carbons (Fsp3) is 0.222. The molecule has 0 saturated heterocycles. The zero-order chi connectivity index (χ0) is 15.1. The summed E-state index contributed by atoms with van der Waals surface area (Å²) in [5.41, 5.74) is 2.76. The van der Waals surface area contributed by atoms with E-state index >= 15 is 0 Å². The van der Waals surface area contributed by atoms with E-state index in [1.807, 2.05) is 67.5 Å². The fourth-order valence-electron chi connectivity index (χ4n) is 2.17. The van der Waals surface area contributed by atoms with Crippen LogP contribution in [0.4, 0.5) is 0 Å². The second kappa shape index (κ2) is 7.39. The Morgan fingerprint density at radius 2 is 1.57 bits per heavy atom. The summed E-state index contributed by atoms with van der Waals surface area (Å²) in [6, 6.07) is 19.5. The van der Waals surface area contributed by atoms with Crippen molar-refractivity contribution in [2.75, 3.05) is 7.05 Å². The molecule has 108 valence electrons. The summed E-state index contributed by atoms with van der Waals surface area (Å²) >= 11 is 0. The van der Waals surface area contributed by atoms with Crippen molar-refractivity contribution in [3.63, 3.8) is 0 Å². The van der Waals surface area contributed by atoms with E-state index in [1.54, 1.807) is 0 Å². The molecule has 0 bridgehead atoms. The van der Waals surface area contributed by atoms with E-state index in [4.69, 9.17) is 0 Å². The van der Waals surface area contributed by atoms with Crippen LogP contribution in [0.15, 0.2) is 65.8 Å². The summed E-state index contributed by atoms with van der Waals surface area (Å²) < 4.78 is 0. The second-order valence-corrected chi connectivity index (χ2v) is 5.10. The van der Waals surface area contributed by atoms with Gasteiger partial charge in [0, 0.05) is 18.3 Å². The first-order valence-electron chi connectivity index (χ1n) is 7.02. The van der Waals surface area contributed by atoms with Gasteiger partial charge in [0.2, 0.25) is 0 Å². The average molecular weight is 280 g/mol. The molecule has 21 heavy (non-hydrogen) atoms. The Morgan fingerprint density at radius 3 is 2.19 bits per heavy atom. The van der Waals surface area contributed by atoms with Gasteiger partial charge in [-0.25, -0.2) is 0 Å². The summed E-state index contributed by atoms with van der Waals surface area (Å²) in [7, 11) is 1.92. The highest BCUT2D eigenvalue weighted by molar-refractivity contribution is 6.08. The molecule has 0 spiro atoms. The predicted molar refractivity (Wildman–Crippen MR) is 86.4 cm³/mol. The van der Waals surface area contributed by atoms with Gasteiger partial charge in [-0.15, -0.1) is 0 Å². The van der Waals surface area contributed by atoms with Crippen molar-refractivity contribution >= 4 is 11.5 Å². The van der Waals surface area contributed by atoms with Gasteiger partial charge in [-0.2, -0.15) is 5.10 Å². The van der Waals surface area contributed by atoms with Gasteiger partial charge in [0.1, 0.15) is 0 Å². The minimum Gasteiger partial charge on any atom is -0.296 e. The van der Waals surface area contributed by atoms with Gasteiger partial charge in [-0.1, -0.05) is 60.7 Å². The lowest BCUT2D eigenvalue weighted by Crippen LogP contribution is -2.15. The minimum absolute atomic E-state index is 0.102. The van der Waals surface area contributed by atoms with Crippen LogP contribution in [0.5, 0.6) is 0 Å². The SMILES string of the molecule is CC(CC(=O)c1ccccc1)=NN(C)Cc1ccccc1. The summed E-state index contributed by atoms with van der Waals surface area (Å²) in [5, 5.41) is 6.33. The largest absolute Gasteiger partial charge is 0.296 e. The van der Waals surface area contributed by atoms with E-state index in [2.05, 4.69) is 17.2 Å². The Hall–Kier alpha value is -2.42. The molecule has 2 rings (SSSR count). The van der Waals surface area contributed by atoms with Crippen LogP contribution in [-0.4, -0.2) is 23.6 Å². The van der Waals surface area contributed by atoms with Crippen LogP contribution >= 0.6 is 0 Å². The van der Waals surface area contributed by atoms with E-state index < -0.39 is 0 Å². The van der Waals surface area contributed by atoms with Crippen LogP contribution in [0.25, 0.3) is 0 Å². The average Bonchev–Trinajstić information content (AvgIpc) is 2.48. The molecule has 2 aromatic rings. The van der Waals surface area contributed by atoms with Crippen LogP contribution in [0.3, 0.4) is 0 Å². The van der Waals surface area contributed by atoms with E-state index in [0.29, 0.717) is 6.42 Å². The Labute approximate surface area is 125 Å². The smallest absolute Gasteiger partial charge is 0.168 e. The summed E-state index contributed by atoms with van der Waals surface area (Å²) in [5.74, 6) is 0.102. The number of nitrogens with zero attached hydrogens (tertiary/aromatic N) is 2. The van der Waals surface area contributed by atoms with Crippen molar-refractivity contribution in [1.29, 1.82) is 0 Å². The molecule has 3 nitrogen and oxygen atoms in total. The maximum absolute atomic E-state index is 12.1. The van der Waals surface area contributed by atoms with Crippen molar-refractivity contribution in [2.24, 2.45) is 5.10 Å². The molecule has 0 radical (unpaired) electrons. The summed E-state index contributed by atoms with van der Waals surface area (Å²) in [4.78, 5) is 12.1. The van der Waals surface area contributed by atoms with E-state index in [9.17, 15) is 4.79 Å². The molecule has 0 aromatic heterocycles. The van der Waals surface area contributed by atoms with E-state index in [-0.39, 0.29) is 5.78 Å². The maximum Gasteiger partial charge on any atom is 0.168 e. The molecular weight excluding hydrogens is 260 g/mol. The van der Waals surface area contributed by atoms with Crippen LogP contribution < -0.4 is 0 Å². The molecule has 2 aromatic carbocycles. The molecule has 0 aliphatic heterocycles. The number of ketones is 1. The first kappa shape index (κ1) is 15.0. The van der Waals surface area contributed by atoms with Crippen LogP contribution in [0.1, 0.15) is 29.3 Å². The third kappa shape index (κ3) is 4.88. The normalized spacial score (nSPS) is 11.2. The predicted octanol–water partition coefficient (Wildman–Crippen LogP) is 3.77. The summed E-state index contributed by atoms with van der Waals surface area (Å²) in [6.45, 7) is 2.63. The first-order chi connectivity index (χ1) is 10.1. The van der Waals surface area contributed by atoms with Crippen LogP contribution in [0.2, 0.25) is 0 Å². The molecule has 0 fully saturated rings. The molecule has 0 unspecified atom stereocenters. The quantitative estimate of drug-likeness (QED) is 0.458. The molecule has 3 heteroatoms. The van der Waals surface area contributed by atoms with Crippen molar-refractivity contribution in [2.45, 2.75) is 19.9 Å². The Kier molecular flexibility index (Phi) is 5.27. The van der Waals surface area contributed by atoms with Gasteiger partial charge in [0.25, 0.3) is 0 Å². The van der Waals surface area contributed by atoms with Gasteiger partial charge in [0.15, 0.2) is 5.78 Å². The zero-order valence-corrected chi connectivity index (χ0v) is 12.5. The number of carbonyl (C=O) groups is 1. The Morgan fingerprint density at radius 1 is 1.00 bits per heavy atom. The van der Waals surface area contributed by atoms with Crippen LogP contribution in [0, 0.1) is 0 Å². The van der Waals surface area contributed by atoms with Gasteiger partial charge >= 0.3 is 0 Å². The number of Topliss-reactive ketones (excluding diaryl/α,β-unsaturated/α-hetero) is 1. The van der Waals surface area contributed by atoms with E-state index in [0.717, 1.165) is 17.8 Å². The zero-order valence-electron chi connectivity index (χ0n) is 12.5. The molecule has 0 heterocycles. The van der Waals surface area contributed by atoms with Crippen molar-refractivity contribution < 1.29 is 4.79 Å². The lowest BCUT2D eigenvalue weighted by Gasteiger charge is -2.14. The number of hydrogen-bond acceptors (Lipinski definition) is 3. The number of carbonyl (C=O) groups excluding carboxylic acids is 1. The monoisotopic (exact) mass is 280 g/mol. The summed E-state index contributed by atoms with van der Waals surface area (Å²) in [6.07, 6.45) is 0.350. The molecule has 0 aliphatic carbocycles. The molecule has 0 aliphatic rings. The minimum atomic E-state index is 0.102. The Balaban J connectivity index is 1.93. The van der Waals surface area contributed by atoms with Crippen molar-refractivity contribution in [3.05, 3.63) is 71.8 Å². The third-order valence-corrected chi connectivity index (χ3v) is 3.11. The van der Waals surface area contributed by atoms with Crippen molar-refractivity contribution in [3.8, 4) is 0 Å². The standard InChI is InChI=1S/C18H20N2O/c1-15(13-18(21)17-11-7-4-8-12-17)19-20(2)14-16-9-5-3-6-10-16/h3-12H,13-14H2,1-2H3. The van der Waals surface area contributed by atoms with Gasteiger partial charge in [0.05, 0.1) is 13.0 Å². The molecule has 0 saturated carbocycles. The molecule has 0 amide bonds. The lowest BCUT2D eigenvalue weighted by atomic mass is 10.1. The second-order valence-electron chi connectivity index (χ2n) is 5.10. The highest BCUT2D eigenvalue weighted by Crippen LogP contribution is 2.06. The maximum atomic E-state index is 12.1. The molecular formula is C18H20N2O. The fourth-order valence-corrected chi connectivity index (χ4v) is 2.17. The number of benzene rings is 2. The topological polar surface area (TPSA) is 32.7 Å². The third-order valence-electron chi connectivity index (χ3n) is 3.11. The van der Waals surface area contributed by atoms with Gasteiger partial charge in [-0.05, 0) is 12.5 Å². The van der Waals surface area contributed by atoms with Crippen LogP contribution in [-0.2, 0) is 6.54 Å². The van der Waals surface area contributed by atoms with E-state index in [1.165, 1.54) is 5.56 Å². The number of hydrogen-bond donors (Lipinski definition) is 0. The van der Waals surface area contributed by atoms with Crippen molar-refractivity contribution in [1.82, 2.24) is 5.01 Å². The number of rotatable bonds is 6. The lowest BCUT2D eigenvalue weighted by molar-refractivity contribution is 0.1000. The Bertz CT molecular complexity index is 606. The van der Waals surface area contributed by atoms with Gasteiger partial charge in [-0.3, -0.25) is 9.80 Å². The molecule has 0 atom stereocenters. The highest BCUT2D eigenvalue weighted by Gasteiger charge is 2.07. The first-order valence-corrected chi connectivity index (χ1v) is 7.02. The number of hydrazone groups is 1.